The molecular formula is C25H30N8O2S. The molecule has 0 aliphatic carbocycles. The molecule has 188 valence electrons. The number of rotatable bonds is 10. The number of fused-ring (bicyclic) bond motifs is 1. The molecule has 36 heavy (non-hydrogen) atoms. The van der Waals surface area contributed by atoms with Gasteiger partial charge in [-0.05, 0) is 43.8 Å². The van der Waals surface area contributed by atoms with Crippen LogP contribution in [0.1, 0.15) is 0 Å². The van der Waals surface area contributed by atoms with Crippen molar-refractivity contribution >= 4 is 50.5 Å². The third-order valence-corrected chi connectivity index (χ3v) is 6.57. The zero-order chi connectivity index (χ0) is 25.8. The molecule has 3 heterocycles. The van der Waals surface area contributed by atoms with Crippen molar-refractivity contribution in [2.45, 2.75) is 0 Å². The van der Waals surface area contributed by atoms with E-state index in [4.69, 9.17) is 9.72 Å². The highest BCUT2D eigenvalue weighted by Gasteiger charge is 2.18. The molecular weight excluding hydrogens is 476 g/mol. The van der Waals surface area contributed by atoms with Gasteiger partial charge in [0, 0.05) is 39.4 Å². The standard InChI is InChI=1S/C25H30N8O2S/c1-7-22(34)27-17-14-18(21(35-6)15-20(17)32(4)12-11-31(2)3)29-25-26-10-8-16(28-25)23-24-19(9-13-36-24)33(5)30-23/h7-10,13-15H,1,11-12H2,2-6H3,(H,27,34)(H,26,28,29). The van der Waals surface area contributed by atoms with E-state index in [-0.39, 0.29) is 5.91 Å². The Morgan fingerprint density at radius 1 is 1.22 bits per heavy atom. The summed E-state index contributed by atoms with van der Waals surface area (Å²) in [7, 11) is 9.53. The Morgan fingerprint density at radius 2 is 2.03 bits per heavy atom. The lowest BCUT2D eigenvalue weighted by atomic mass is 10.2. The topological polar surface area (TPSA) is 100 Å². The molecule has 3 aromatic heterocycles. The lowest BCUT2D eigenvalue weighted by Crippen LogP contribution is -2.29. The molecule has 4 aromatic rings. The van der Waals surface area contributed by atoms with Gasteiger partial charge in [0.05, 0.1) is 40.1 Å². The van der Waals surface area contributed by atoms with E-state index in [1.165, 1.54) is 6.08 Å². The SMILES string of the molecule is C=CC(=O)Nc1cc(Nc2nccc(-c3nn(C)c4ccsc34)n2)c(OC)cc1N(C)CCN(C)C. The predicted octanol–water partition coefficient (Wildman–Crippen LogP) is 3.97. The van der Waals surface area contributed by atoms with E-state index < -0.39 is 0 Å². The summed E-state index contributed by atoms with van der Waals surface area (Å²) < 4.78 is 8.60. The van der Waals surface area contributed by atoms with Crippen LogP contribution in [0.15, 0.2) is 48.5 Å². The van der Waals surface area contributed by atoms with Gasteiger partial charge in [0.2, 0.25) is 11.9 Å². The van der Waals surface area contributed by atoms with E-state index >= 15 is 0 Å². The summed E-state index contributed by atoms with van der Waals surface area (Å²) in [5.41, 5.74) is 4.61. The number of ether oxygens (including phenoxy) is 1. The van der Waals surface area contributed by atoms with Crippen LogP contribution in [-0.4, -0.2) is 71.9 Å². The van der Waals surface area contributed by atoms with Gasteiger partial charge >= 0.3 is 0 Å². The molecule has 0 radical (unpaired) electrons. The van der Waals surface area contributed by atoms with Gasteiger partial charge in [0.25, 0.3) is 0 Å². The van der Waals surface area contributed by atoms with Crippen molar-refractivity contribution in [3.05, 3.63) is 48.5 Å². The fourth-order valence-electron chi connectivity index (χ4n) is 3.73. The summed E-state index contributed by atoms with van der Waals surface area (Å²) in [5.74, 6) is 0.670. The molecule has 4 rings (SSSR count). The van der Waals surface area contributed by atoms with Gasteiger partial charge in [0.15, 0.2) is 0 Å². The summed E-state index contributed by atoms with van der Waals surface area (Å²) in [6.07, 6.45) is 2.93. The first-order valence-electron chi connectivity index (χ1n) is 11.3. The van der Waals surface area contributed by atoms with E-state index in [1.54, 1.807) is 24.6 Å². The van der Waals surface area contributed by atoms with Crippen molar-refractivity contribution in [2.75, 3.05) is 56.9 Å². The molecule has 11 heteroatoms. The first-order valence-corrected chi connectivity index (χ1v) is 12.2. The molecule has 1 amide bonds. The Labute approximate surface area is 214 Å². The number of carbonyl (C=O) groups is 1. The average molecular weight is 507 g/mol. The van der Waals surface area contributed by atoms with Crippen molar-refractivity contribution < 1.29 is 9.53 Å². The van der Waals surface area contributed by atoms with E-state index in [1.807, 2.05) is 62.5 Å². The van der Waals surface area contributed by atoms with Gasteiger partial charge < -0.3 is 25.2 Å². The minimum atomic E-state index is -0.304. The lowest BCUT2D eigenvalue weighted by Gasteiger charge is -2.26. The van der Waals surface area contributed by atoms with Crippen LogP contribution in [0.4, 0.5) is 23.0 Å². The van der Waals surface area contributed by atoms with Gasteiger partial charge in [-0.2, -0.15) is 5.10 Å². The second kappa shape index (κ2) is 10.8. The Hall–Kier alpha value is -3.96. The number of amides is 1. The number of nitrogens with one attached hydrogen (secondary N) is 2. The van der Waals surface area contributed by atoms with Crippen LogP contribution in [-0.2, 0) is 11.8 Å². The number of nitrogens with zero attached hydrogens (tertiary/aromatic N) is 6. The Morgan fingerprint density at radius 3 is 2.75 bits per heavy atom. The highest BCUT2D eigenvalue weighted by Crippen LogP contribution is 2.38. The van der Waals surface area contributed by atoms with Gasteiger partial charge in [-0.3, -0.25) is 9.48 Å². The molecule has 0 atom stereocenters. The Kier molecular flexibility index (Phi) is 7.51. The third kappa shape index (κ3) is 5.31. The monoisotopic (exact) mass is 506 g/mol. The number of aromatic nitrogens is 4. The number of hydrogen-bond donors (Lipinski definition) is 2. The minimum absolute atomic E-state index is 0.304. The van der Waals surface area contributed by atoms with Crippen molar-refractivity contribution in [3.8, 4) is 17.1 Å². The quantitative estimate of drug-likeness (QED) is 0.312. The molecule has 2 N–H and O–H groups in total. The summed E-state index contributed by atoms with van der Waals surface area (Å²) in [5, 5.41) is 12.8. The Balaban J connectivity index is 1.70. The lowest BCUT2D eigenvalue weighted by molar-refractivity contribution is -0.111. The highest BCUT2D eigenvalue weighted by molar-refractivity contribution is 7.17. The minimum Gasteiger partial charge on any atom is -0.494 e. The van der Waals surface area contributed by atoms with E-state index in [2.05, 4.69) is 37.1 Å². The number of anilines is 4. The second-order valence-electron chi connectivity index (χ2n) is 8.49. The van der Waals surface area contributed by atoms with Crippen LogP contribution in [0.2, 0.25) is 0 Å². The van der Waals surface area contributed by atoms with E-state index in [0.717, 1.165) is 34.7 Å². The highest BCUT2D eigenvalue weighted by atomic mass is 32.1. The molecule has 0 spiro atoms. The zero-order valence-corrected chi connectivity index (χ0v) is 21.9. The first-order chi connectivity index (χ1) is 17.3. The first kappa shape index (κ1) is 25.1. The maximum absolute atomic E-state index is 12.2. The van der Waals surface area contributed by atoms with Crippen LogP contribution in [0.25, 0.3) is 21.6 Å². The number of aryl methyl sites for hydroxylation is 1. The normalized spacial score (nSPS) is 11.1. The zero-order valence-electron chi connectivity index (χ0n) is 21.1. The molecule has 0 aliphatic heterocycles. The molecule has 10 nitrogen and oxygen atoms in total. The summed E-state index contributed by atoms with van der Waals surface area (Å²) in [6.45, 7) is 5.18. The molecule has 0 aliphatic rings. The largest absolute Gasteiger partial charge is 0.494 e. The van der Waals surface area contributed by atoms with E-state index in [0.29, 0.717) is 28.8 Å². The van der Waals surface area contributed by atoms with Crippen LogP contribution >= 0.6 is 11.3 Å². The number of hydrogen-bond acceptors (Lipinski definition) is 9. The molecule has 0 saturated carbocycles. The number of thiophene rings is 1. The fourth-order valence-corrected chi connectivity index (χ4v) is 4.64. The van der Waals surface area contributed by atoms with Crippen LogP contribution in [0.5, 0.6) is 5.75 Å². The molecule has 0 unspecified atom stereocenters. The summed E-state index contributed by atoms with van der Waals surface area (Å²) in [6, 6.07) is 7.57. The van der Waals surface area contributed by atoms with Crippen molar-refractivity contribution in [3.63, 3.8) is 0 Å². The number of methoxy groups -OCH3 is 1. The van der Waals surface area contributed by atoms with Crippen LogP contribution in [0, 0.1) is 0 Å². The van der Waals surface area contributed by atoms with Gasteiger partial charge in [-0.1, -0.05) is 6.58 Å². The predicted molar refractivity (Wildman–Crippen MR) is 147 cm³/mol. The summed E-state index contributed by atoms with van der Waals surface area (Å²) in [4.78, 5) is 25.5. The van der Waals surface area contributed by atoms with Crippen molar-refractivity contribution in [1.29, 1.82) is 0 Å². The van der Waals surface area contributed by atoms with Crippen molar-refractivity contribution in [2.24, 2.45) is 7.05 Å². The maximum Gasteiger partial charge on any atom is 0.247 e. The maximum atomic E-state index is 12.2. The molecule has 1 aromatic carbocycles. The second-order valence-corrected chi connectivity index (χ2v) is 9.40. The van der Waals surface area contributed by atoms with Crippen molar-refractivity contribution in [1.82, 2.24) is 24.6 Å². The van der Waals surface area contributed by atoms with Gasteiger partial charge in [-0.25, -0.2) is 9.97 Å². The number of benzene rings is 1. The summed E-state index contributed by atoms with van der Waals surface area (Å²) >= 11 is 1.63. The fraction of sp³-hybridized carbons (Fsp3) is 0.280. The molecule has 0 fully saturated rings. The average Bonchev–Trinajstić information content (AvgIpc) is 3.47. The number of carbonyl (C=O) groups excluding carboxylic acids is 1. The van der Waals surface area contributed by atoms with E-state index in [9.17, 15) is 4.79 Å². The van der Waals surface area contributed by atoms with Gasteiger partial charge in [-0.15, -0.1) is 11.3 Å². The van der Waals surface area contributed by atoms with Crippen LogP contribution < -0.4 is 20.3 Å². The molecule has 0 saturated heterocycles. The third-order valence-electron chi connectivity index (χ3n) is 5.66. The van der Waals surface area contributed by atoms with Gasteiger partial charge in [0.1, 0.15) is 11.4 Å². The van der Waals surface area contributed by atoms with Crippen LogP contribution in [0.3, 0.4) is 0 Å². The molecule has 0 bridgehead atoms. The smallest absolute Gasteiger partial charge is 0.247 e. The Bertz CT molecular complexity index is 1390. The number of likely N-dealkylation sites (N-methyl/N-ethyl adjacent to an activating group) is 2.